The van der Waals surface area contributed by atoms with E-state index in [4.69, 9.17) is 5.73 Å². The van der Waals surface area contributed by atoms with E-state index in [0.29, 0.717) is 11.4 Å². The fourth-order valence-electron chi connectivity index (χ4n) is 1.79. The first-order chi connectivity index (χ1) is 9.35. The maximum atomic E-state index is 11.6. The summed E-state index contributed by atoms with van der Waals surface area (Å²) in [6.07, 6.45) is 1.62. The third-order valence-corrected chi connectivity index (χ3v) is 6.23. The monoisotopic (exact) mass is 311 g/mol. The first-order valence-electron chi connectivity index (χ1n) is 6.04. The van der Waals surface area contributed by atoms with Gasteiger partial charge in [0.2, 0.25) is 0 Å². The highest BCUT2D eigenvalue weighted by molar-refractivity contribution is 8.85. The zero-order valence-corrected chi connectivity index (χ0v) is 13.0. The van der Waals surface area contributed by atoms with Crippen LogP contribution < -0.4 is 11.3 Å². The second-order valence-corrected chi connectivity index (χ2v) is 8.61. The fraction of sp³-hybridized carbons (Fsp3) is 0.231. The van der Waals surface area contributed by atoms with E-state index >= 15 is 0 Å². The van der Waals surface area contributed by atoms with Gasteiger partial charge < -0.3 is 14.9 Å². The maximum absolute atomic E-state index is 11.6. The lowest BCUT2D eigenvalue weighted by atomic mass is 10.1. The Morgan fingerprint density at radius 2 is 2.20 bits per heavy atom. The van der Waals surface area contributed by atoms with E-state index in [-0.39, 0.29) is 11.4 Å². The van der Waals surface area contributed by atoms with Gasteiger partial charge in [0.25, 0.3) is 5.56 Å². The minimum Gasteiger partial charge on any atom is -0.379 e. The summed E-state index contributed by atoms with van der Waals surface area (Å²) in [6.45, 7) is 1.89. The van der Waals surface area contributed by atoms with Crippen molar-refractivity contribution < 1.29 is 4.55 Å². The van der Waals surface area contributed by atoms with Crippen LogP contribution in [0.5, 0.6) is 0 Å². The van der Waals surface area contributed by atoms with Crippen LogP contribution in [-0.4, -0.2) is 19.9 Å². The lowest BCUT2D eigenvalue weighted by Gasteiger charge is -2.26. The maximum Gasteiger partial charge on any atom is 0.292 e. The SMILES string of the molecule is CCS(O)(S)c1cccc(-c2cn(C)c(=O)c(N)n2)c1. The molecule has 0 bridgehead atoms. The molecule has 1 heterocycles. The molecule has 3 N–H and O–H groups in total. The number of thiol groups is 1. The number of benzene rings is 1. The third kappa shape index (κ3) is 2.84. The molecule has 20 heavy (non-hydrogen) atoms. The van der Waals surface area contributed by atoms with Crippen molar-refractivity contribution in [1.82, 2.24) is 9.55 Å². The molecule has 0 aliphatic heterocycles. The van der Waals surface area contributed by atoms with Crippen LogP contribution in [0.4, 0.5) is 5.82 Å². The minimum atomic E-state index is -2.09. The largest absolute Gasteiger partial charge is 0.379 e. The van der Waals surface area contributed by atoms with Gasteiger partial charge in [0.05, 0.1) is 5.69 Å². The summed E-state index contributed by atoms with van der Waals surface area (Å²) in [6, 6.07) is 7.35. The quantitative estimate of drug-likeness (QED) is 0.601. The van der Waals surface area contributed by atoms with Crippen LogP contribution in [0.2, 0.25) is 0 Å². The van der Waals surface area contributed by atoms with Gasteiger partial charge in [-0.3, -0.25) is 4.79 Å². The van der Waals surface area contributed by atoms with E-state index < -0.39 is 9.34 Å². The second kappa shape index (κ2) is 5.51. The first kappa shape index (κ1) is 15.0. The summed E-state index contributed by atoms with van der Waals surface area (Å²) < 4.78 is 11.7. The molecule has 108 valence electrons. The molecule has 0 fully saturated rings. The highest BCUT2D eigenvalue weighted by Crippen LogP contribution is 2.56. The molecule has 0 radical (unpaired) electrons. The lowest BCUT2D eigenvalue weighted by Crippen LogP contribution is -2.21. The normalized spacial score (nSPS) is 15.6. The van der Waals surface area contributed by atoms with E-state index in [9.17, 15) is 9.35 Å². The highest BCUT2D eigenvalue weighted by Gasteiger charge is 2.17. The standard InChI is InChI=1S/C13H17N3O2S2/c1-3-20(18,19)10-6-4-5-9(7-10)11-8-16(2)13(17)12(14)15-11/h4-8,18-19H,3H2,1-2H3,(H2,14,15). The minimum absolute atomic E-state index is 0.0422. The molecule has 1 aromatic heterocycles. The summed E-state index contributed by atoms with van der Waals surface area (Å²) in [7, 11) is -0.465. The Bertz CT molecular complexity index is 672. The predicted molar refractivity (Wildman–Crippen MR) is 87.3 cm³/mol. The van der Waals surface area contributed by atoms with E-state index in [0.717, 1.165) is 10.5 Å². The Hall–Kier alpha value is -1.44. The number of nitrogen functional groups attached to an aromatic ring is 1. The van der Waals surface area contributed by atoms with Crippen LogP contribution in [-0.2, 0) is 7.05 Å². The molecule has 1 aromatic carbocycles. The molecule has 1 unspecified atom stereocenters. The van der Waals surface area contributed by atoms with Gasteiger partial charge in [0.15, 0.2) is 5.82 Å². The van der Waals surface area contributed by atoms with Crippen molar-refractivity contribution in [3.05, 3.63) is 40.8 Å². The van der Waals surface area contributed by atoms with Crippen molar-refractivity contribution in [2.45, 2.75) is 11.8 Å². The van der Waals surface area contributed by atoms with Crippen molar-refractivity contribution in [2.75, 3.05) is 11.5 Å². The van der Waals surface area contributed by atoms with Crippen molar-refractivity contribution in [1.29, 1.82) is 0 Å². The van der Waals surface area contributed by atoms with Crippen molar-refractivity contribution in [3.8, 4) is 11.3 Å². The van der Waals surface area contributed by atoms with Crippen LogP contribution in [0.15, 0.2) is 40.2 Å². The van der Waals surface area contributed by atoms with Gasteiger partial charge in [-0.2, -0.15) is 0 Å². The van der Waals surface area contributed by atoms with Gasteiger partial charge in [-0.25, -0.2) is 4.98 Å². The van der Waals surface area contributed by atoms with Gasteiger partial charge in [0.1, 0.15) is 0 Å². The average molecular weight is 311 g/mol. The molecule has 2 rings (SSSR count). The molecular weight excluding hydrogens is 294 g/mol. The highest BCUT2D eigenvalue weighted by atomic mass is 33.1. The molecule has 0 aliphatic carbocycles. The number of hydrogen-bond acceptors (Lipinski definition) is 5. The van der Waals surface area contributed by atoms with Crippen LogP contribution in [0.1, 0.15) is 6.92 Å². The number of nitrogens with zero attached hydrogens (tertiary/aromatic N) is 2. The molecule has 0 aliphatic rings. The number of aromatic nitrogens is 2. The van der Waals surface area contributed by atoms with E-state index in [2.05, 4.69) is 16.6 Å². The topological polar surface area (TPSA) is 81.1 Å². The number of nitrogens with two attached hydrogens (primary N) is 1. The Labute approximate surface area is 123 Å². The molecule has 0 saturated carbocycles. The average Bonchev–Trinajstić information content (AvgIpc) is 2.44. The molecule has 0 amide bonds. The van der Waals surface area contributed by atoms with Crippen LogP contribution in [0.3, 0.4) is 0 Å². The molecule has 1 atom stereocenters. The number of hydrogen-bond donors (Lipinski definition) is 3. The molecule has 5 nitrogen and oxygen atoms in total. The van der Waals surface area contributed by atoms with E-state index in [1.165, 1.54) is 4.57 Å². The van der Waals surface area contributed by atoms with Crippen LogP contribution in [0, 0.1) is 0 Å². The Morgan fingerprint density at radius 3 is 2.80 bits per heavy atom. The summed E-state index contributed by atoms with van der Waals surface area (Å²) in [5, 5.41) is 0. The second-order valence-electron chi connectivity index (χ2n) is 4.41. The van der Waals surface area contributed by atoms with Gasteiger partial charge in [-0.1, -0.05) is 28.4 Å². The van der Waals surface area contributed by atoms with Gasteiger partial charge in [-0.05, 0) is 12.1 Å². The zero-order valence-electron chi connectivity index (χ0n) is 11.3. The Kier molecular flexibility index (Phi) is 4.12. The van der Waals surface area contributed by atoms with Crippen LogP contribution in [0.25, 0.3) is 11.3 Å². The van der Waals surface area contributed by atoms with Crippen molar-refractivity contribution in [2.24, 2.45) is 7.05 Å². The van der Waals surface area contributed by atoms with E-state index in [1.54, 1.807) is 13.2 Å². The molecule has 7 heteroatoms. The molecular formula is C13H17N3O2S2. The number of aryl methyl sites for hydroxylation is 1. The number of anilines is 1. The summed E-state index contributed by atoms with van der Waals surface area (Å²) in [5.74, 6) is 0.516. The summed E-state index contributed by atoms with van der Waals surface area (Å²) in [5.41, 5.74) is 6.66. The van der Waals surface area contributed by atoms with E-state index in [1.807, 2.05) is 31.2 Å². The zero-order chi connectivity index (χ0) is 14.9. The first-order valence-corrected chi connectivity index (χ1v) is 8.86. The molecule has 2 aromatic rings. The van der Waals surface area contributed by atoms with Crippen LogP contribution >= 0.6 is 21.0 Å². The predicted octanol–water partition coefficient (Wildman–Crippen LogP) is 2.53. The van der Waals surface area contributed by atoms with Gasteiger partial charge >= 0.3 is 0 Å². The number of rotatable bonds is 3. The van der Waals surface area contributed by atoms with Crippen molar-refractivity contribution in [3.63, 3.8) is 0 Å². The third-order valence-electron chi connectivity index (χ3n) is 3.01. The Balaban J connectivity index is 2.55. The lowest BCUT2D eigenvalue weighted by molar-refractivity contribution is 0.642. The van der Waals surface area contributed by atoms with Crippen molar-refractivity contribution >= 4 is 26.8 Å². The smallest absolute Gasteiger partial charge is 0.292 e. The molecule has 0 spiro atoms. The van der Waals surface area contributed by atoms with Gasteiger partial charge in [-0.15, -0.1) is 11.7 Å². The summed E-state index contributed by atoms with van der Waals surface area (Å²) >= 11 is 4.33. The Morgan fingerprint density at radius 1 is 1.50 bits per heavy atom. The van der Waals surface area contributed by atoms with Gasteiger partial charge in [0, 0.05) is 29.5 Å². The molecule has 0 saturated heterocycles. The fourth-order valence-corrected chi connectivity index (χ4v) is 3.08. The summed E-state index contributed by atoms with van der Waals surface area (Å²) in [4.78, 5) is 16.4.